The minimum Gasteiger partial charge on any atom is -0.494 e. The van der Waals surface area contributed by atoms with Crippen LogP contribution in [-0.2, 0) is 0 Å². The first-order chi connectivity index (χ1) is 11.2. The van der Waals surface area contributed by atoms with Gasteiger partial charge in [-0.1, -0.05) is 11.6 Å². The first-order valence-corrected chi connectivity index (χ1v) is 7.68. The van der Waals surface area contributed by atoms with E-state index in [2.05, 4.69) is 5.32 Å². The summed E-state index contributed by atoms with van der Waals surface area (Å²) in [7, 11) is 0. The number of hydrogen-bond donors (Lipinski definition) is 1. The Hall–Kier alpha value is -2.40. The molecule has 0 saturated heterocycles. The molecule has 120 valence electrons. The molecule has 0 fully saturated rings. The molecule has 23 heavy (non-hydrogen) atoms. The molecule has 5 nitrogen and oxygen atoms in total. The Bertz CT molecular complexity index is 715. The summed E-state index contributed by atoms with van der Waals surface area (Å²) in [6.45, 7) is 3.44. The maximum absolute atomic E-state index is 12.4. The molecule has 0 aromatic heterocycles. The Labute approximate surface area is 139 Å². The summed E-state index contributed by atoms with van der Waals surface area (Å²) in [6.07, 6.45) is 0. The van der Waals surface area contributed by atoms with Gasteiger partial charge in [0.1, 0.15) is 19.0 Å². The minimum absolute atomic E-state index is 0.309. The van der Waals surface area contributed by atoms with E-state index in [0.29, 0.717) is 47.6 Å². The summed E-state index contributed by atoms with van der Waals surface area (Å²) in [4.78, 5) is 12.4. The van der Waals surface area contributed by atoms with Crippen molar-refractivity contribution in [3.8, 4) is 17.2 Å². The molecule has 1 amide bonds. The maximum Gasteiger partial charge on any atom is 0.257 e. The van der Waals surface area contributed by atoms with Gasteiger partial charge in [-0.2, -0.15) is 0 Å². The van der Waals surface area contributed by atoms with Gasteiger partial charge in [-0.3, -0.25) is 4.79 Å². The van der Waals surface area contributed by atoms with Crippen molar-refractivity contribution in [3.63, 3.8) is 0 Å². The number of amides is 1. The highest BCUT2D eigenvalue weighted by molar-refractivity contribution is 6.34. The quantitative estimate of drug-likeness (QED) is 0.925. The number of carbonyl (C=O) groups excluding carboxylic acids is 1. The van der Waals surface area contributed by atoms with Gasteiger partial charge in [0.25, 0.3) is 5.91 Å². The fourth-order valence-electron chi connectivity index (χ4n) is 2.24. The fraction of sp³-hybridized carbons (Fsp3) is 0.235. The first kappa shape index (κ1) is 15.5. The Morgan fingerprint density at radius 2 is 1.83 bits per heavy atom. The van der Waals surface area contributed by atoms with Crippen LogP contribution in [0.2, 0.25) is 5.02 Å². The highest BCUT2D eigenvalue weighted by atomic mass is 35.5. The highest BCUT2D eigenvalue weighted by Crippen LogP contribution is 2.35. The molecule has 1 N–H and O–H groups in total. The predicted octanol–water partition coefficient (Wildman–Crippen LogP) is 3.76. The van der Waals surface area contributed by atoms with Gasteiger partial charge in [0.2, 0.25) is 0 Å². The smallest absolute Gasteiger partial charge is 0.257 e. The second-order valence-electron chi connectivity index (χ2n) is 4.89. The molecule has 0 atom stereocenters. The number of anilines is 1. The average molecular weight is 334 g/mol. The van der Waals surface area contributed by atoms with Crippen molar-refractivity contribution in [2.75, 3.05) is 25.1 Å². The van der Waals surface area contributed by atoms with E-state index in [9.17, 15) is 4.79 Å². The summed E-state index contributed by atoms with van der Waals surface area (Å²) >= 11 is 6.17. The molecule has 1 heterocycles. The third-order valence-corrected chi connectivity index (χ3v) is 3.61. The van der Waals surface area contributed by atoms with Gasteiger partial charge in [-0.15, -0.1) is 0 Å². The van der Waals surface area contributed by atoms with E-state index in [4.69, 9.17) is 25.8 Å². The van der Waals surface area contributed by atoms with Gasteiger partial charge in [0.05, 0.1) is 17.2 Å². The van der Waals surface area contributed by atoms with Gasteiger partial charge in [0.15, 0.2) is 11.5 Å². The third kappa shape index (κ3) is 3.51. The molecule has 6 heteroatoms. The molecule has 2 aromatic carbocycles. The van der Waals surface area contributed by atoms with Crippen molar-refractivity contribution < 1.29 is 19.0 Å². The van der Waals surface area contributed by atoms with Gasteiger partial charge in [-0.25, -0.2) is 0 Å². The Morgan fingerprint density at radius 3 is 2.48 bits per heavy atom. The normalized spacial score (nSPS) is 12.6. The second-order valence-corrected chi connectivity index (χ2v) is 5.29. The van der Waals surface area contributed by atoms with E-state index in [1.807, 2.05) is 6.92 Å². The van der Waals surface area contributed by atoms with E-state index < -0.39 is 0 Å². The van der Waals surface area contributed by atoms with Crippen LogP contribution in [0.4, 0.5) is 5.69 Å². The number of carbonyl (C=O) groups is 1. The number of fused-ring (bicyclic) bond motifs is 1. The van der Waals surface area contributed by atoms with Crippen molar-refractivity contribution in [3.05, 3.63) is 47.0 Å². The van der Waals surface area contributed by atoms with Crippen LogP contribution in [0.15, 0.2) is 36.4 Å². The summed E-state index contributed by atoms with van der Waals surface area (Å²) in [5.74, 6) is 1.52. The number of nitrogens with one attached hydrogen (secondary N) is 1. The van der Waals surface area contributed by atoms with E-state index in [-0.39, 0.29) is 5.91 Å². The third-order valence-electron chi connectivity index (χ3n) is 3.30. The monoisotopic (exact) mass is 333 g/mol. The molecule has 0 aliphatic carbocycles. The zero-order valence-corrected chi connectivity index (χ0v) is 13.4. The molecule has 1 aliphatic rings. The predicted molar refractivity (Wildman–Crippen MR) is 88.0 cm³/mol. The SMILES string of the molecule is CCOc1ccc(NC(=O)c2cc3c(cc2Cl)OCCO3)cc1. The lowest BCUT2D eigenvalue weighted by Gasteiger charge is -2.19. The van der Waals surface area contributed by atoms with Gasteiger partial charge in [0, 0.05) is 11.8 Å². The Balaban J connectivity index is 1.77. The second kappa shape index (κ2) is 6.79. The van der Waals surface area contributed by atoms with E-state index in [1.54, 1.807) is 36.4 Å². The molecule has 2 aromatic rings. The van der Waals surface area contributed by atoms with Crippen LogP contribution in [0.25, 0.3) is 0 Å². The molecule has 0 spiro atoms. The molecule has 0 unspecified atom stereocenters. The number of rotatable bonds is 4. The Kier molecular flexibility index (Phi) is 4.57. The van der Waals surface area contributed by atoms with E-state index in [1.165, 1.54) is 0 Å². The summed E-state index contributed by atoms with van der Waals surface area (Å²) in [6, 6.07) is 10.3. The summed E-state index contributed by atoms with van der Waals surface area (Å²) in [5, 5.41) is 3.12. The largest absolute Gasteiger partial charge is 0.494 e. The van der Waals surface area contributed by atoms with Gasteiger partial charge in [-0.05, 0) is 37.3 Å². The van der Waals surface area contributed by atoms with Crippen LogP contribution in [-0.4, -0.2) is 25.7 Å². The van der Waals surface area contributed by atoms with Gasteiger partial charge >= 0.3 is 0 Å². The lowest BCUT2D eigenvalue weighted by Crippen LogP contribution is -2.17. The van der Waals surface area contributed by atoms with Crippen molar-refractivity contribution in [1.29, 1.82) is 0 Å². The van der Waals surface area contributed by atoms with Crippen LogP contribution < -0.4 is 19.5 Å². The summed E-state index contributed by atoms with van der Waals surface area (Å²) in [5.41, 5.74) is 0.995. The lowest BCUT2D eigenvalue weighted by molar-refractivity contribution is 0.102. The van der Waals surface area contributed by atoms with E-state index in [0.717, 1.165) is 5.75 Å². The molecule has 0 saturated carbocycles. The molecule has 1 aliphatic heterocycles. The van der Waals surface area contributed by atoms with Crippen LogP contribution in [0.1, 0.15) is 17.3 Å². The van der Waals surface area contributed by atoms with Crippen molar-refractivity contribution in [2.24, 2.45) is 0 Å². The number of halogens is 1. The number of ether oxygens (including phenoxy) is 3. The number of hydrogen-bond acceptors (Lipinski definition) is 4. The van der Waals surface area contributed by atoms with Crippen LogP contribution >= 0.6 is 11.6 Å². The topological polar surface area (TPSA) is 56.8 Å². The van der Waals surface area contributed by atoms with Gasteiger partial charge < -0.3 is 19.5 Å². The van der Waals surface area contributed by atoms with Crippen LogP contribution in [0.5, 0.6) is 17.2 Å². The maximum atomic E-state index is 12.4. The zero-order chi connectivity index (χ0) is 16.2. The highest BCUT2D eigenvalue weighted by Gasteiger charge is 2.19. The fourth-order valence-corrected chi connectivity index (χ4v) is 2.48. The molecular weight excluding hydrogens is 318 g/mol. The van der Waals surface area contributed by atoms with Crippen molar-refractivity contribution in [2.45, 2.75) is 6.92 Å². The number of benzene rings is 2. The Morgan fingerprint density at radius 1 is 1.17 bits per heavy atom. The zero-order valence-electron chi connectivity index (χ0n) is 12.6. The molecular formula is C17H16ClNO4. The molecule has 0 radical (unpaired) electrons. The molecule has 3 rings (SSSR count). The van der Waals surface area contributed by atoms with Crippen molar-refractivity contribution >= 4 is 23.2 Å². The standard InChI is InChI=1S/C17H16ClNO4/c1-2-21-12-5-3-11(4-6-12)19-17(20)13-9-15-16(10-14(13)18)23-8-7-22-15/h3-6,9-10H,2,7-8H2,1H3,(H,19,20). The minimum atomic E-state index is -0.309. The molecule has 0 bridgehead atoms. The summed E-state index contributed by atoms with van der Waals surface area (Å²) < 4.78 is 16.3. The van der Waals surface area contributed by atoms with Crippen LogP contribution in [0, 0.1) is 0 Å². The van der Waals surface area contributed by atoms with Crippen LogP contribution in [0.3, 0.4) is 0 Å². The lowest BCUT2D eigenvalue weighted by atomic mass is 10.1. The average Bonchev–Trinajstić information content (AvgIpc) is 2.56. The van der Waals surface area contributed by atoms with E-state index >= 15 is 0 Å². The first-order valence-electron chi connectivity index (χ1n) is 7.30. The van der Waals surface area contributed by atoms with Crippen molar-refractivity contribution in [1.82, 2.24) is 0 Å².